The van der Waals surface area contributed by atoms with Gasteiger partial charge in [0.05, 0.1) is 12.5 Å². The minimum atomic E-state index is -1.20. The van der Waals surface area contributed by atoms with E-state index >= 15 is 0 Å². The predicted molar refractivity (Wildman–Crippen MR) is 104 cm³/mol. The van der Waals surface area contributed by atoms with Gasteiger partial charge < -0.3 is 15.5 Å². The van der Waals surface area contributed by atoms with Crippen molar-refractivity contribution < 1.29 is 28.6 Å². The number of halogens is 4. The van der Waals surface area contributed by atoms with Crippen LogP contribution in [0.15, 0.2) is 42.5 Å². The van der Waals surface area contributed by atoms with E-state index in [1.807, 2.05) is 0 Å². The number of aromatic nitrogens is 2. The summed E-state index contributed by atoms with van der Waals surface area (Å²) in [6.07, 6.45) is -0.494. The van der Waals surface area contributed by atoms with E-state index in [9.17, 15) is 28.6 Å². The maximum Gasteiger partial charge on any atom is 0.305 e. The Morgan fingerprint density at radius 3 is 2.50 bits per heavy atom. The summed E-state index contributed by atoms with van der Waals surface area (Å²) >= 11 is 12.0. The van der Waals surface area contributed by atoms with Gasteiger partial charge in [0, 0.05) is 22.2 Å². The van der Waals surface area contributed by atoms with Crippen molar-refractivity contribution in [3.63, 3.8) is 0 Å². The Labute approximate surface area is 178 Å². The molecule has 11 heteroatoms. The van der Waals surface area contributed by atoms with Crippen molar-refractivity contribution in [1.82, 2.24) is 15.1 Å². The monoisotopic (exact) mass is 455 g/mol. The highest BCUT2D eigenvalue weighted by atomic mass is 35.5. The number of carbonyl (C=O) groups is 2. The Bertz CT molecular complexity index is 1140. The Kier molecular flexibility index (Phi) is 6.23. The Balaban J connectivity index is 1.90. The van der Waals surface area contributed by atoms with Gasteiger partial charge in [0.1, 0.15) is 11.5 Å². The second-order valence-electron chi connectivity index (χ2n) is 6.19. The quantitative estimate of drug-likeness (QED) is 0.518. The number of carboxylic acid groups (broad SMARTS) is 1. The molecule has 0 saturated heterocycles. The van der Waals surface area contributed by atoms with Crippen LogP contribution in [-0.2, 0) is 4.79 Å². The Morgan fingerprint density at radius 1 is 1.13 bits per heavy atom. The van der Waals surface area contributed by atoms with Crippen LogP contribution in [0, 0.1) is 11.6 Å². The highest BCUT2D eigenvalue weighted by molar-refractivity contribution is 6.35. The van der Waals surface area contributed by atoms with E-state index in [1.54, 1.807) is 0 Å². The first-order valence-electron chi connectivity index (χ1n) is 8.37. The molecule has 1 aromatic heterocycles. The third kappa shape index (κ3) is 4.69. The molecule has 0 radical (unpaired) electrons. The number of aromatic hydroxyl groups is 1. The van der Waals surface area contributed by atoms with E-state index in [-0.39, 0.29) is 16.4 Å². The van der Waals surface area contributed by atoms with Gasteiger partial charge in [0.2, 0.25) is 5.88 Å². The lowest BCUT2D eigenvalue weighted by molar-refractivity contribution is -0.137. The van der Waals surface area contributed by atoms with Crippen molar-refractivity contribution in [2.24, 2.45) is 0 Å². The zero-order valence-corrected chi connectivity index (χ0v) is 16.5. The van der Waals surface area contributed by atoms with Crippen molar-refractivity contribution in [3.05, 3.63) is 75.4 Å². The molecule has 3 N–H and O–H groups in total. The van der Waals surface area contributed by atoms with E-state index in [1.165, 1.54) is 18.2 Å². The summed E-state index contributed by atoms with van der Waals surface area (Å²) in [4.78, 5) is 23.8. The third-order valence-electron chi connectivity index (χ3n) is 4.08. The molecule has 7 nitrogen and oxygen atoms in total. The molecule has 0 bridgehead atoms. The Morgan fingerprint density at radius 2 is 1.87 bits per heavy atom. The number of carbonyl (C=O) groups excluding carboxylic acids is 1. The summed E-state index contributed by atoms with van der Waals surface area (Å²) in [5, 5.41) is 26.0. The van der Waals surface area contributed by atoms with Gasteiger partial charge in [-0.2, -0.15) is 9.78 Å². The number of hydrogen-bond acceptors (Lipinski definition) is 4. The molecule has 1 heterocycles. The van der Waals surface area contributed by atoms with E-state index in [2.05, 4.69) is 10.4 Å². The molecule has 3 aromatic rings. The number of rotatable bonds is 6. The van der Waals surface area contributed by atoms with Crippen LogP contribution in [0.2, 0.25) is 10.0 Å². The fraction of sp³-hybridized carbons (Fsp3) is 0.105. The highest BCUT2D eigenvalue weighted by Gasteiger charge is 2.24. The zero-order chi connectivity index (χ0) is 22.0. The van der Waals surface area contributed by atoms with E-state index in [0.717, 1.165) is 18.2 Å². The fourth-order valence-electron chi connectivity index (χ4n) is 2.74. The van der Waals surface area contributed by atoms with E-state index in [0.29, 0.717) is 21.3 Å². The molecule has 0 aliphatic heterocycles. The van der Waals surface area contributed by atoms with Gasteiger partial charge in [-0.05, 0) is 29.8 Å². The number of amides is 1. The van der Waals surface area contributed by atoms with Crippen LogP contribution in [0.3, 0.4) is 0 Å². The second-order valence-corrected chi connectivity index (χ2v) is 7.03. The molecular weight excluding hydrogens is 443 g/mol. The summed E-state index contributed by atoms with van der Waals surface area (Å²) < 4.78 is 27.8. The minimum absolute atomic E-state index is 0.149. The zero-order valence-electron chi connectivity index (χ0n) is 14.9. The number of nitrogens with one attached hydrogen (secondary N) is 1. The van der Waals surface area contributed by atoms with Gasteiger partial charge in [0.25, 0.3) is 5.91 Å². The van der Waals surface area contributed by atoms with Crippen LogP contribution in [-0.4, -0.2) is 31.9 Å². The number of carboxylic acids is 1. The number of hydrogen-bond donors (Lipinski definition) is 3. The molecule has 1 atom stereocenters. The fourth-order valence-corrected chi connectivity index (χ4v) is 3.28. The van der Waals surface area contributed by atoms with Gasteiger partial charge in [-0.3, -0.25) is 9.59 Å². The maximum atomic E-state index is 14.0. The average Bonchev–Trinajstić information content (AvgIpc) is 3.02. The second kappa shape index (κ2) is 8.68. The molecule has 3 rings (SSSR count). The van der Waals surface area contributed by atoms with Crippen LogP contribution in [0.25, 0.3) is 5.69 Å². The SMILES string of the molecule is O=C(O)C[C@H](NC(=O)c1cc(O)n(-c2ccc(F)cc2F)n1)c1ccc(Cl)cc1Cl. The topological polar surface area (TPSA) is 104 Å². The summed E-state index contributed by atoms with van der Waals surface area (Å²) in [6.45, 7) is 0. The summed E-state index contributed by atoms with van der Waals surface area (Å²) in [6, 6.07) is 6.89. The van der Waals surface area contributed by atoms with Crippen LogP contribution in [0.5, 0.6) is 5.88 Å². The minimum Gasteiger partial charge on any atom is -0.493 e. The van der Waals surface area contributed by atoms with E-state index < -0.39 is 41.9 Å². The normalized spacial score (nSPS) is 11.9. The maximum absolute atomic E-state index is 14.0. The lowest BCUT2D eigenvalue weighted by Crippen LogP contribution is -2.30. The van der Waals surface area contributed by atoms with Crippen molar-refractivity contribution in [3.8, 4) is 11.6 Å². The lowest BCUT2D eigenvalue weighted by atomic mass is 10.0. The third-order valence-corrected chi connectivity index (χ3v) is 4.65. The largest absolute Gasteiger partial charge is 0.493 e. The molecule has 0 aliphatic rings. The van der Waals surface area contributed by atoms with E-state index in [4.69, 9.17) is 23.2 Å². The molecule has 0 saturated carbocycles. The van der Waals surface area contributed by atoms with Gasteiger partial charge in [-0.1, -0.05) is 29.3 Å². The summed E-state index contributed by atoms with van der Waals surface area (Å²) in [7, 11) is 0. The molecule has 0 fully saturated rings. The highest BCUT2D eigenvalue weighted by Crippen LogP contribution is 2.29. The molecule has 1 amide bonds. The van der Waals surface area contributed by atoms with Crippen molar-refractivity contribution in [1.29, 1.82) is 0 Å². The molecule has 0 spiro atoms. The van der Waals surface area contributed by atoms with Crippen LogP contribution in [0.4, 0.5) is 8.78 Å². The predicted octanol–water partition coefficient (Wildman–Crippen LogP) is 4.11. The molecular formula is C19H13Cl2F2N3O4. The standard InChI is InChI=1S/C19H13Cl2F2N3O4/c20-9-1-3-11(12(21)5-9)14(8-18(28)29)24-19(30)15-7-17(27)26(25-15)16-4-2-10(22)6-13(16)23/h1-7,14,27H,8H2,(H,24,30)(H,28,29)/t14-/m0/s1. The number of benzene rings is 2. The van der Waals surface area contributed by atoms with Gasteiger partial charge >= 0.3 is 5.97 Å². The molecule has 156 valence electrons. The van der Waals surface area contributed by atoms with Crippen LogP contribution in [0.1, 0.15) is 28.5 Å². The van der Waals surface area contributed by atoms with Gasteiger partial charge in [-0.15, -0.1) is 0 Å². The molecule has 0 aliphatic carbocycles. The lowest BCUT2D eigenvalue weighted by Gasteiger charge is -2.18. The summed E-state index contributed by atoms with van der Waals surface area (Å²) in [5.74, 6) is -4.45. The van der Waals surface area contributed by atoms with Crippen LogP contribution >= 0.6 is 23.2 Å². The number of aliphatic carboxylic acids is 1. The average molecular weight is 456 g/mol. The first-order chi connectivity index (χ1) is 14.2. The van der Waals surface area contributed by atoms with Gasteiger partial charge in [0.15, 0.2) is 11.5 Å². The molecule has 2 aromatic carbocycles. The molecule has 30 heavy (non-hydrogen) atoms. The van der Waals surface area contributed by atoms with Crippen molar-refractivity contribution >= 4 is 35.1 Å². The Hall–Kier alpha value is -3.17. The summed E-state index contributed by atoms with van der Waals surface area (Å²) in [5.41, 5.74) is -0.294. The van der Waals surface area contributed by atoms with Crippen molar-refractivity contribution in [2.75, 3.05) is 0 Å². The van der Waals surface area contributed by atoms with Crippen LogP contribution < -0.4 is 5.32 Å². The van der Waals surface area contributed by atoms with Gasteiger partial charge in [-0.25, -0.2) is 8.78 Å². The first kappa shape index (κ1) is 21.5. The van der Waals surface area contributed by atoms with Crippen molar-refractivity contribution in [2.45, 2.75) is 12.5 Å². The smallest absolute Gasteiger partial charge is 0.305 e. The number of nitrogens with zero attached hydrogens (tertiary/aromatic N) is 2. The molecule has 0 unspecified atom stereocenters. The first-order valence-corrected chi connectivity index (χ1v) is 9.13.